The number of carbonyl (C=O) groups is 2. The molecule has 2 aromatic rings. The maximum absolute atomic E-state index is 11.9. The van der Waals surface area contributed by atoms with E-state index in [1.54, 1.807) is 12.3 Å². The highest BCUT2D eigenvalue weighted by Gasteiger charge is 2.13. The number of nitrogens with zero attached hydrogens (tertiary/aromatic N) is 2. The first-order chi connectivity index (χ1) is 12.4. The molecule has 1 amide bonds. The first-order valence-corrected chi connectivity index (χ1v) is 8.61. The summed E-state index contributed by atoms with van der Waals surface area (Å²) < 4.78 is 10.1. The third-order valence-corrected chi connectivity index (χ3v) is 4.02. The molecule has 138 valence electrons. The zero-order chi connectivity index (χ0) is 19.1. The highest BCUT2D eigenvalue weighted by molar-refractivity contribution is 7.13. The van der Waals surface area contributed by atoms with Gasteiger partial charge in [0.2, 0.25) is 0 Å². The number of ether oxygens (including phenoxy) is 2. The number of benzene rings is 1. The maximum atomic E-state index is 11.9. The number of amides is 1. The molecule has 0 aliphatic carbocycles. The lowest BCUT2D eigenvalue weighted by molar-refractivity contribution is -0.384. The summed E-state index contributed by atoms with van der Waals surface area (Å²) in [6.07, 6.45) is 0.0229. The van der Waals surface area contributed by atoms with Gasteiger partial charge in [0.1, 0.15) is 5.75 Å². The number of aromatic nitrogens is 1. The summed E-state index contributed by atoms with van der Waals surface area (Å²) in [5.41, 5.74) is 0.312. The van der Waals surface area contributed by atoms with Crippen LogP contribution in [0.2, 0.25) is 5.02 Å². The van der Waals surface area contributed by atoms with Crippen molar-refractivity contribution in [1.29, 1.82) is 0 Å². The zero-order valence-electron chi connectivity index (χ0n) is 13.6. The van der Waals surface area contributed by atoms with Gasteiger partial charge in [-0.3, -0.25) is 25.0 Å². The van der Waals surface area contributed by atoms with Gasteiger partial charge in [-0.2, -0.15) is 0 Å². The summed E-state index contributed by atoms with van der Waals surface area (Å²) in [6, 6.07) is 3.67. The Morgan fingerprint density at radius 2 is 2.19 bits per heavy atom. The summed E-state index contributed by atoms with van der Waals surface area (Å²) >= 11 is 7.04. The van der Waals surface area contributed by atoms with Crippen molar-refractivity contribution in [2.45, 2.75) is 13.3 Å². The van der Waals surface area contributed by atoms with E-state index in [9.17, 15) is 19.7 Å². The van der Waals surface area contributed by atoms with Crippen LogP contribution in [0, 0.1) is 10.1 Å². The second-order valence-electron chi connectivity index (χ2n) is 4.83. The number of non-ortho nitro benzene ring substituents is 1. The van der Waals surface area contributed by atoms with Crippen LogP contribution in [-0.2, 0) is 20.7 Å². The van der Waals surface area contributed by atoms with Gasteiger partial charge in [0.25, 0.3) is 11.6 Å². The van der Waals surface area contributed by atoms with Crippen molar-refractivity contribution in [2.75, 3.05) is 18.5 Å². The summed E-state index contributed by atoms with van der Waals surface area (Å²) in [5, 5.41) is 15.2. The van der Waals surface area contributed by atoms with Gasteiger partial charge < -0.3 is 9.47 Å². The molecule has 9 nitrogen and oxygen atoms in total. The summed E-state index contributed by atoms with van der Waals surface area (Å²) in [4.78, 5) is 37.4. The van der Waals surface area contributed by atoms with E-state index in [4.69, 9.17) is 21.1 Å². The second kappa shape index (κ2) is 9.11. The van der Waals surface area contributed by atoms with Crippen molar-refractivity contribution >= 4 is 45.6 Å². The standard InChI is InChI=1S/C15H14ClN3O6S/c1-2-24-14(21)5-9-8-26-15(17-9)18-13(20)7-25-12-4-3-10(19(22)23)6-11(12)16/h3-4,6,8H,2,5,7H2,1H3,(H,17,18,20). The number of carbonyl (C=O) groups excluding carboxylic acids is 2. The fourth-order valence-corrected chi connectivity index (χ4v) is 2.78. The van der Waals surface area contributed by atoms with Crippen molar-refractivity contribution in [3.63, 3.8) is 0 Å². The van der Waals surface area contributed by atoms with Crippen LogP contribution in [0.5, 0.6) is 5.75 Å². The maximum Gasteiger partial charge on any atom is 0.311 e. The molecule has 0 aliphatic rings. The van der Waals surface area contributed by atoms with Crippen molar-refractivity contribution in [1.82, 2.24) is 4.98 Å². The molecule has 1 aromatic heterocycles. The summed E-state index contributed by atoms with van der Waals surface area (Å²) in [7, 11) is 0. The molecule has 0 fully saturated rings. The summed E-state index contributed by atoms with van der Waals surface area (Å²) in [6.45, 7) is 1.64. The first-order valence-electron chi connectivity index (χ1n) is 7.35. The average Bonchev–Trinajstić information content (AvgIpc) is 3.00. The van der Waals surface area contributed by atoms with E-state index in [0.717, 1.165) is 17.4 Å². The molecule has 0 spiro atoms. The number of nitro groups is 1. The Balaban J connectivity index is 1.86. The van der Waals surface area contributed by atoms with Gasteiger partial charge in [0, 0.05) is 17.5 Å². The quantitative estimate of drug-likeness (QED) is 0.411. The lowest BCUT2D eigenvalue weighted by Gasteiger charge is -2.07. The van der Waals surface area contributed by atoms with E-state index >= 15 is 0 Å². The second-order valence-corrected chi connectivity index (χ2v) is 6.10. The molecule has 0 unspecified atom stereocenters. The Labute approximate surface area is 157 Å². The minimum absolute atomic E-state index is 0.0229. The Hall–Kier alpha value is -2.72. The van der Waals surface area contributed by atoms with Crippen LogP contribution in [0.25, 0.3) is 0 Å². The van der Waals surface area contributed by atoms with E-state index < -0.39 is 16.8 Å². The first kappa shape index (κ1) is 19.6. The predicted octanol–water partition coefficient (Wildman–Crippen LogP) is 2.83. The molecule has 1 aromatic carbocycles. The van der Waals surface area contributed by atoms with Crippen LogP contribution < -0.4 is 10.1 Å². The van der Waals surface area contributed by atoms with Crippen molar-refractivity contribution < 1.29 is 24.0 Å². The van der Waals surface area contributed by atoms with E-state index in [1.165, 1.54) is 12.1 Å². The van der Waals surface area contributed by atoms with Gasteiger partial charge in [-0.05, 0) is 13.0 Å². The van der Waals surface area contributed by atoms with E-state index in [0.29, 0.717) is 10.8 Å². The largest absolute Gasteiger partial charge is 0.482 e. The van der Waals surface area contributed by atoms with Gasteiger partial charge >= 0.3 is 5.97 Å². The molecule has 0 atom stereocenters. The van der Waals surface area contributed by atoms with Crippen LogP contribution in [0.4, 0.5) is 10.8 Å². The number of esters is 1. The molecular weight excluding hydrogens is 386 g/mol. The molecule has 11 heteroatoms. The topological polar surface area (TPSA) is 121 Å². The van der Waals surface area contributed by atoms with Gasteiger partial charge in [-0.15, -0.1) is 11.3 Å². The number of hydrogen-bond acceptors (Lipinski definition) is 8. The third kappa shape index (κ3) is 5.67. The zero-order valence-corrected chi connectivity index (χ0v) is 15.1. The van der Waals surface area contributed by atoms with Gasteiger partial charge in [-0.1, -0.05) is 11.6 Å². The SMILES string of the molecule is CCOC(=O)Cc1csc(NC(=O)COc2ccc([N+](=O)[O-])cc2Cl)n1. The Morgan fingerprint density at radius 1 is 1.42 bits per heavy atom. The monoisotopic (exact) mass is 399 g/mol. The van der Waals surface area contributed by atoms with Gasteiger partial charge in [0.05, 0.1) is 28.7 Å². The fraction of sp³-hybridized carbons (Fsp3) is 0.267. The predicted molar refractivity (Wildman–Crippen MR) is 94.7 cm³/mol. The molecular formula is C15H14ClN3O6S. The van der Waals surface area contributed by atoms with Crippen molar-refractivity contribution in [2.24, 2.45) is 0 Å². The van der Waals surface area contributed by atoms with E-state index in [2.05, 4.69) is 10.3 Å². The molecule has 1 heterocycles. The number of halogens is 1. The minimum atomic E-state index is -0.585. The number of thiazole rings is 1. The fourth-order valence-electron chi connectivity index (χ4n) is 1.82. The lowest BCUT2D eigenvalue weighted by atomic mass is 10.3. The lowest BCUT2D eigenvalue weighted by Crippen LogP contribution is -2.20. The average molecular weight is 400 g/mol. The highest BCUT2D eigenvalue weighted by atomic mass is 35.5. The Morgan fingerprint density at radius 3 is 2.85 bits per heavy atom. The van der Waals surface area contributed by atoms with Crippen LogP contribution >= 0.6 is 22.9 Å². The van der Waals surface area contributed by atoms with Crippen LogP contribution in [-0.4, -0.2) is 35.0 Å². The molecule has 26 heavy (non-hydrogen) atoms. The number of rotatable bonds is 8. The highest BCUT2D eigenvalue weighted by Crippen LogP contribution is 2.28. The minimum Gasteiger partial charge on any atom is -0.482 e. The molecule has 0 aliphatic heterocycles. The smallest absolute Gasteiger partial charge is 0.311 e. The Kier molecular flexibility index (Phi) is 6.87. The van der Waals surface area contributed by atoms with E-state index in [-0.39, 0.29) is 36.1 Å². The van der Waals surface area contributed by atoms with E-state index in [1.807, 2.05) is 0 Å². The van der Waals surface area contributed by atoms with Crippen LogP contribution in [0.15, 0.2) is 23.6 Å². The molecule has 0 radical (unpaired) electrons. The molecule has 2 rings (SSSR count). The van der Waals surface area contributed by atoms with Gasteiger partial charge in [0.15, 0.2) is 11.7 Å². The number of anilines is 1. The molecule has 1 N–H and O–H groups in total. The normalized spacial score (nSPS) is 10.2. The third-order valence-electron chi connectivity index (χ3n) is 2.91. The number of nitro benzene ring substituents is 1. The van der Waals surface area contributed by atoms with Crippen LogP contribution in [0.1, 0.15) is 12.6 Å². The molecule has 0 saturated heterocycles. The summed E-state index contributed by atoms with van der Waals surface area (Å²) in [5.74, 6) is -0.738. The van der Waals surface area contributed by atoms with Gasteiger partial charge in [-0.25, -0.2) is 4.98 Å². The Bertz CT molecular complexity index is 825. The molecule has 0 bridgehead atoms. The number of hydrogen-bond donors (Lipinski definition) is 1. The molecule has 0 saturated carbocycles. The van der Waals surface area contributed by atoms with Crippen molar-refractivity contribution in [3.05, 3.63) is 44.4 Å². The number of nitrogens with one attached hydrogen (secondary N) is 1. The van der Waals surface area contributed by atoms with Crippen molar-refractivity contribution in [3.8, 4) is 5.75 Å². The van der Waals surface area contributed by atoms with Crippen LogP contribution in [0.3, 0.4) is 0 Å².